The molecule has 4 nitrogen and oxygen atoms in total. The number of carbonyl (C=O) groups excluding carboxylic acids is 1. The second-order valence-corrected chi connectivity index (χ2v) is 5.44. The molecule has 2 aromatic carbocycles. The van der Waals surface area contributed by atoms with Gasteiger partial charge in [0.05, 0.1) is 26.2 Å². The number of amides is 1. The maximum atomic E-state index is 13.7. The van der Waals surface area contributed by atoms with E-state index in [1.807, 2.05) is 24.3 Å². The first-order valence-corrected chi connectivity index (χ1v) is 7.51. The van der Waals surface area contributed by atoms with Crippen LogP contribution in [0.1, 0.15) is 23.6 Å². The van der Waals surface area contributed by atoms with Crippen LogP contribution in [0, 0.1) is 5.82 Å². The Morgan fingerprint density at radius 2 is 2.17 bits per heavy atom. The standard InChI is InChI=1S/C18H18FNO3/c1-22-17-7-6-12(10-14(17)19)11-18(21)20-15-8-9-23-16-5-3-2-4-13(15)16/h2-7,10,15H,8-9,11H2,1H3,(H,20,21). The van der Waals surface area contributed by atoms with Crippen LogP contribution in [0.15, 0.2) is 42.5 Å². The molecule has 1 amide bonds. The smallest absolute Gasteiger partial charge is 0.224 e. The summed E-state index contributed by atoms with van der Waals surface area (Å²) in [5.41, 5.74) is 1.59. The molecule has 0 saturated carbocycles. The number of rotatable bonds is 4. The molecule has 5 heteroatoms. The summed E-state index contributed by atoms with van der Waals surface area (Å²) >= 11 is 0. The summed E-state index contributed by atoms with van der Waals surface area (Å²) in [5.74, 6) is 0.373. The first-order chi connectivity index (χ1) is 11.2. The zero-order valence-electron chi connectivity index (χ0n) is 12.8. The molecular formula is C18H18FNO3. The number of ether oxygens (including phenoxy) is 2. The molecule has 1 atom stereocenters. The van der Waals surface area contributed by atoms with Gasteiger partial charge in [0.2, 0.25) is 5.91 Å². The van der Waals surface area contributed by atoms with Gasteiger partial charge in [-0.25, -0.2) is 4.39 Å². The molecule has 1 aliphatic heterocycles. The number of fused-ring (bicyclic) bond motifs is 1. The quantitative estimate of drug-likeness (QED) is 0.943. The number of para-hydroxylation sites is 1. The monoisotopic (exact) mass is 315 g/mol. The lowest BCUT2D eigenvalue weighted by atomic mass is 10.00. The summed E-state index contributed by atoms with van der Waals surface area (Å²) < 4.78 is 24.1. The lowest BCUT2D eigenvalue weighted by Crippen LogP contribution is -2.33. The molecule has 0 radical (unpaired) electrons. The van der Waals surface area contributed by atoms with Gasteiger partial charge in [-0.1, -0.05) is 24.3 Å². The summed E-state index contributed by atoms with van der Waals surface area (Å²) in [4.78, 5) is 12.3. The zero-order valence-corrected chi connectivity index (χ0v) is 12.8. The number of benzene rings is 2. The molecule has 1 unspecified atom stereocenters. The third-order valence-electron chi connectivity index (χ3n) is 3.87. The first kappa shape index (κ1) is 15.3. The molecule has 23 heavy (non-hydrogen) atoms. The van der Waals surface area contributed by atoms with E-state index in [4.69, 9.17) is 9.47 Å². The second-order valence-electron chi connectivity index (χ2n) is 5.44. The molecule has 0 spiro atoms. The average molecular weight is 315 g/mol. The van der Waals surface area contributed by atoms with E-state index < -0.39 is 5.82 Å². The Morgan fingerprint density at radius 3 is 2.96 bits per heavy atom. The van der Waals surface area contributed by atoms with Crippen molar-refractivity contribution in [2.24, 2.45) is 0 Å². The highest BCUT2D eigenvalue weighted by atomic mass is 19.1. The van der Waals surface area contributed by atoms with Crippen LogP contribution in [0.3, 0.4) is 0 Å². The largest absolute Gasteiger partial charge is 0.494 e. The summed E-state index contributed by atoms with van der Waals surface area (Å²) in [7, 11) is 1.41. The van der Waals surface area contributed by atoms with E-state index >= 15 is 0 Å². The van der Waals surface area contributed by atoms with Gasteiger partial charge < -0.3 is 14.8 Å². The minimum atomic E-state index is -0.464. The van der Waals surface area contributed by atoms with Crippen molar-refractivity contribution in [1.82, 2.24) is 5.32 Å². The van der Waals surface area contributed by atoms with Crippen molar-refractivity contribution in [2.75, 3.05) is 13.7 Å². The van der Waals surface area contributed by atoms with Gasteiger partial charge in [0.25, 0.3) is 0 Å². The van der Waals surface area contributed by atoms with Crippen LogP contribution in [-0.2, 0) is 11.2 Å². The Kier molecular flexibility index (Phi) is 4.46. The number of nitrogens with one attached hydrogen (secondary N) is 1. The summed E-state index contributed by atoms with van der Waals surface area (Å²) in [6.07, 6.45) is 0.847. The van der Waals surface area contributed by atoms with E-state index in [-0.39, 0.29) is 24.1 Å². The van der Waals surface area contributed by atoms with E-state index in [9.17, 15) is 9.18 Å². The van der Waals surface area contributed by atoms with E-state index in [1.165, 1.54) is 19.2 Å². The fraction of sp³-hybridized carbons (Fsp3) is 0.278. The van der Waals surface area contributed by atoms with Crippen LogP contribution in [-0.4, -0.2) is 19.6 Å². The fourth-order valence-corrected chi connectivity index (χ4v) is 2.74. The van der Waals surface area contributed by atoms with Gasteiger partial charge >= 0.3 is 0 Å². The maximum absolute atomic E-state index is 13.7. The highest BCUT2D eigenvalue weighted by Crippen LogP contribution is 2.31. The maximum Gasteiger partial charge on any atom is 0.224 e. The third-order valence-corrected chi connectivity index (χ3v) is 3.87. The van der Waals surface area contributed by atoms with Crippen molar-refractivity contribution in [1.29, 1.82) is 0 Å². The normalized spacial score (nSPS) is 16.2. The number of carbonyl (C=O) groups is 1. The van der Waals surface area contributed by atoms with Crippen molar-refractivity contribution in [3.63, 3.8) is 0 Å². The van der Waals surface area contributed by atoms with E-state index in [2.05, 4.69) is 5.32 Å². The second kappa shape index (κ2) is 6.69. The number of methoxy groups -OCH3 is 1. The van der Waals surface area contributed by atoms with Gasteiger partial charge in [-0.2, -0.15) is 0 Å². The summed E-state index contributed by atoms with van der Waals surface area (Å²) in [6, 6.07) is 12.2. The number of hydrogen-bond donors (Lipinski definition) is 1. The number of hydrogen-bond acceptors (Lipinski definition) is 3. The minimum absolute atomic E-state index is 0.0736. The molecule has 1 N–H and O–H groups in total. The van der Waals surface area contributed by atoms with Gasteiger partial charge in [-0.3, -0.25) is 4.79 Å². The van der Waals surface area contributed by atoms with Crippen LogP contribution in [0.25, 0.3) is 0 Å². The lowest BCUT2D eigenvalue weighted by molar-refractivity contribution is -0.121. The summed E-state index contributed by atoms with van der Waals surface area (Å²) in [6.45, 7) is 0.569. The highest BCUT2D eigenvalue weighted by Gasteiger charge is 2.22. The highest BCUT2D eigenvalue weighted by molar-refractivity contribution is 5.79. The van der Waals surface area contributed by atoms with Crippen molar-refractivity contribution < 1.29 is 18.7 Å². The Hall–Kier alpha value is -2.56. The SMILES string of the molecule is COc1ccc(CC(=O)NC2CCOc3ccccc32)cc1F. The Morgan fingerprint density at radius 1 is 1.35 bits per heavy atom. The zero-order chi connectivity index (χ0) is 16.2. The topological polar surface area (TPSA) is 47.6 Å². The van der Waals surface area contributed by atoms with Crippen molar-refractivity contribution in [3.05, 3.63) is 59.4 Å². The van der Waals surface area contributed by atoms with Crippen LogP contribution >= 0.6 is 0 Å². The van der Waals surface area contributed by atoms with Gasteiger partial charge in [0, 0.05) is 12.0 Å². The average Bonchev–Trinajstić information content (AvgIpc) is 2.55. The van der Waals surface area contributed by atoms with Crippen molar-refractivity contribution in [2.45, 2.75) is 18.9 Å². The first-order valence-electron chi connectivity index (χ1n) is 7.51. The number of halogens is 1. The van der Waals surface area contributed by atoms with Crippen LogP contribution < -0.4 is 14.8 Å². The summed E-state index contributed by atoms with van der Waals surface area (Å²) in [5, 5.41) is 3.00. The predicted octanol–water partition coefficient (Wildman–Crippen LogP) is 3.02. The van der Waals surface area contributed by atoms with Gasteiger partial charge in [-0.15, -0.1) is 0 Å². The Labute approximate surface area is 134 Å². The van der Waals surface area contributed by atoms with Crippen LogP contribution in [0.2, 0.25) is 0 Å². The molecular weight excluding hydrogens is 297 g/mol. The molecule has 0 aliphatic carbocycles. The van der Waals surface area contributed by atoms with E-state index in [1.54, 1.807) is 6.07 Å². The van der Waals surface area contributed by atoms with Crippen molar-refractivity contribution >= 4 is 5.91 Å². The van der Waals surface area contributed by atoms with E-state index in [0.717, 1.165) is 17.7 Å². The molecule has 1 heterocycles. The van der Waals surface area contributed by atoms with Crippen molar-refractivity contribution in [3.8, 4) is 11.5 Å². The molecule has 0 aromatic heterocycles. The molecule has 3 rings (SSSR count). The molecule has 1 aliphatic rings. The van der Waals surface area contributed by atoms with Crippen LogP contribution in [0.4, 0.5) is 4.39 Å². The van der Waals surface area contributed by atoms with Gasteiger partial charge in [-0.05, 0) is 23.8 Å². The van der Waals surface area contributed by atoms with Crippen LogP contribution in [0.5, 0.6) is 11.5 Å². The Bertz CT molecular complexity index is 717. The lowest BCUT2D eigenvalue weighted by Gasteiger charge is -2.26. The van der Waals surface area contributed by atoms with E-state index in [0.29, 0.717) is 12.2 Å². The Balaban J connectivity index is 1.67. The molecule has 0 saturated heterocycles. The minimum Gasteiger partial charge on any atom is -0.494 e. The van der Waals surface area contributed by atoms with Gasteiger partial charge in [0.1, 0.15) is 5.75 Å². The third kappa shape index (κ3) is 3.44. The van der Waals surface area contributed by atoms with Gasteiger partial charge in [0.15, 0.2) is 11.6 Å². The molecule has 120 valence electrons. The fourth-order valence-electron chi connectivity index (χ4n) is 2.74. The molecule has 0 fully saturated rings. The molecule has 0 bridgehead atoms. The molecule has 2 aromatic rings. The predicted molar refractivity (Wildman–Crippen MR) is 84.1 cm³/mol.